The van der Waals surface area contributed by atoms with E-state index in [0.29, 0.717) is 0 Å². The Morgan fingerprint density at radius 3 is 3.27 bits per heavy atom. The zero-order valence-electron chi connectivity index (χ0n) is 5.63. The molecule has 4 nitrogen and oxygen atoms in total. The number of aromatic nitrogens is 2. The summed E-state index contributed by atoms with van der Waals surface area (Å²) in [7, 11) is 0. The van der Waals surface area contributed by atoms with Crippen LogP contribution in [0.2, 0.25) is 0 Å². The molecule has 1 aliphatic rings. The maximum absolute atomic E-state index is 10.5. The number of carboxylic acid groups (broad SMARTS) is 1. The molecule has 1 aromatic rings. The van der Waals surface area contributed by atoms with E-state index in [-0.39, 0.29) is 5.69 Å². The van der Waals surface area contributed by atoms with Crippen molar-refractivity contribution in [3.63, 3.8) is 0 Å². The van der Waals surface area contributed by atoms with Crippen molar-refractivity contribution in [1.29, 1.82) is 0 Å². The van der Waals surface area contributed by atoms with Crippen LogP contribution in [-0.2, 0) is 6.42 Å². The summed E-state index contributed by atoms with van der Waals surface area (Å²) in [6, 6.07) is 0. The average Bonchev–Trinajstić information content (AvgIpc) is 2.41. The summed E-state index contributed by atoms with van der Waals surface area (Å²) < 4.78 is 0. The van der Waals surface area contributed by atoms with E-state index in [9.17, 15) is 4.79 Å². The fourth-order valence-electron chi connectivity index (χ4n) is 1.13. The highest BCUT2D eigenvalue weighted by molar-refractivity contribution is 7.99. The van der Waals surface area contributed by atoms with E-state index in [4.69, 9.17) is 5.11 Å². The van der Waals surface area contributed by atoms with E-state index >= 15 is 0 Å². The first-order valence-electron chi connectivity index (χ1n) is 3.22. The van der Waals surface area contributed by atoms with Gasteiger partial charge in [-0.05, 0) is 6.42 Å². The molecule has 58 valence electrons. The molecule has 0 aromatic carbocycles. The molecule has 0 saturated heterocycles. The van der Waals surface area contributed by atoms with Crippen LogP contribution in [0, 0.1) is 0 Å². The lowest BCUT2D eigenvalue weighted by molar-refractivity contribution is 0.0689. The first kappa shape index (κ1) is 6.72. The molecule has 11 heavy (non-hydrogen) atoms. The minimum Gasteiger partial charge on any atom is -0.477 e. The van der Waals surface area contributed by atoms with Gasteiger partial charge in [-0.15, -0.1) is 11.8 Å². The van der Waals surface area contributed by atoms with Gasteiger partial charge < -0.3 is 5.11 Å². The lowest BCUT2D eigenvalue weighted by Gasteiger charge is -1.89. The van der Waals surface area contributed by atoms with Crippen LogP contribution in [0.3, 0.4) is 0 Å². The topological polar surface area (TPSA) is 66.0 Å². The minimum atomic E-state index is -0.916. The van der Waals surface area contributed by atoms with Crippen LogP contribution in [0.15, 0.2) is 5.03 Å². The number of hydrogen-bond donors (Lipinski definition) is 2. The molecular formula is C6H6N2O2S. The molecule has 0 aliphatic carbocycles. The number of nitrogens with one attached hydrogen (secondary N) is 1. The molecule has 0 fully saturated rings. The second-order valence-corrected chi connectivity index (χ2v) is 3.37. The molecule has 0 atom stereocenters. The summed E-state index contributed by atoms with van der Waals surface area (Å²) in [6.45, 7) is 0. The van der Waals surface area contributed by atoms with Gasteiger partial charge in [0.05, 0.1) is 0 Å². The third-order valence-electron chi connectivity index (χ3n) is 1.63. The van der Waals surface area contributed by atoms with Crippen molar-refractivity contribution in [1.82, 2.24) is 10.2 Å². The fraction of sp³-hybridized carbons (Fsp3) is 0.333. The van der Waals surface area contributed by atoms with Gasteiger partial charge in [0.1, 0.15) is 10.7 Å². The normalized spacial score (nSPS) is 14.9. The van der Waals surface area contributed by atoms with Gasteiger partial charge in [0, 0.05) is 11.3 Å². The largest absolute Gasteiger partial charge is 0.477 e. The van der Waals surface area contributed by atoms with E-state index in [2.05, 4.69) is 10.2 Å². The molecule has 2 heterocycles. The van der Waals surface area contributed by atoms with Gasteiger partial charge in [-0.25, -0.2) is 4.79 Å². The molecule has 0 saturated carbocycles. The number of aromatic carboxylic acids is 1. The highest BCUT2D eigenvalue weighted by Gasteiger charge is 2.22. The predicted octanol–water partition coefficient (Wildman–Crippen LogP) is 0.756. The van der Waals surface area contributed by atoms with Crippen molar-refractivity contribution in [2.24, 2.45) is 0 Å². The molecule has 2 N–H and O–H groups in total. The van der Waals surface area contributed by atoms with Crippen LogP contribution in [0.25, 0.3) is 0 Å². The van der Waals surface area contributed by atoms with Crippen LogP contribution < -0.4 is 0 Å². The Bertz CT molecular complexity index is 308. The van der Waals surface area contributed by atoms with Crippen LogP contribution in [-0.4, -0.2) is 27.0 Å². The molecule has 2 rings (SSSR count). The van der Waals surface area contributed by atoms with Gasteiger partial charge in [0.25, 0.3) is 0 Å². The van der Waals surface area contributed by atoms with Crippen LogP contribution in [0.1, 0.15) is 16.1 Å². The lowest BCUT2D eigenvalue weighted by atomic mass is 10.2. The van der Waals surface area contributed by atoms with Crippen molar-refractivity contribution < 1.29 is 9.90 Å². The van der Waals surface area contributed by atoms with E-state index in [1.807, 2.05) is 0 Å². The van der Waals surface area contributed by atoms with Crippen molar-refractivity contribution in [2.45, 2.75) is 11.4 Å². The predicted molar refractivity (Wildman–Crippen MR) is 40.0 cm³/mol. The minimum absolute atomic E-state index is 0.255. The quantitative estimate of drug-likeness (QED) is 0.653. The number of hydrogen-bond acceptors (Lipinski definition) is 3. The number of thioether (sulfide) groups is 1. The Morgan fingerprint density at radius 1 is 1.73 bits per heavy atom. The summed E-state index contributed by atoms with van der Waals surface area (Å²) in [4.78, 5) is 10.5. The van der Waals surface area contributed by atoms with Gasteiger partial charge in [-0.3, -0.25) is 5.10 Å². The van der Waals surface area contributed by atoms with Crippen molar-refractivity contribution in [2.75, 3.05) is 5.75 Å². The van der Waals surface area contributed by atoms with Crippen molar-refractivity contribution >= 4 is 17.7 Å². The average molecular weight is 170 g/mol. The number of aromatic amines is 1. The van der Waals surface area contributed by atoms with Crippen molar-refractivity contribution in [3.8, 4) is 0 Å². The number of carboxylic acids is 1. The molecule has 1 aromatic heterocycles. The molecular weight excluding hydrogens is 164 g/mol. The van der Waals surface area contributed by atoms with Crippen LogP contribution in [0.4, 0.5) is 0 Å². The van der Waals surface area contributed by atoms with Gasteiger partial charge in [-0.1, -0.05) is 0 Å². The summed E-state index contributed by atoms with van der Waals surface area (Å²) >= 11 is 1.60. The highest BCUT2D eigenvalue weighted by Crippen LogP contribution is 2.30. The first-order valence-corrected chi connectivity index (χ1v) is 4.21. The van der Waals surface area contributed by atoms with Crippen molar-refractivity contribution in [3.05, 3.63) is 11.3 Å². The molecule has 0 unspecified atom stereocenters. The van der Waals surface area contributed by atoms with Gasteiger partial charge in [0.15, 0.2) is 0 Å². The number of fused-ring (bicyclic) bond motifs is 1. The summed E-state index contributed by atoms with van der Waals surface area (Å²) in [5.41, 5.74) is 1.12. The van der Waals surface area contributed by atoms with Crippen LogP contribution in [0.5, 0.6) is 0 Å². The molecule has 0 spiro atoms. The Balaban J connectivity index is 2.50. The lowest BCUT2D eigenvalue weighted by Crippen LogP contribution is -2.00. The zero-order valence-corrected chi connectivity index (χ0v) is 6.44. The molecule has 0 amide bonds. The maximum atomic E-state index is 10.5. The third kappa shape index (κ3) is 0.920. The smallest absolute Gasteiger partial charge is 0.354 e. The Hall–Kier alpha value is -0.970. The van der Waals surface area contributed by atoms with E-state index in [1.54, 1.807) is 11.8 Å². The zero-order chi connectivity index (χ0) is 7.84. The van der Waals surface area contributed by atoms with E-state index < -0.39 is 5.97 Å². The number of carbonyl (C=O) groups is 1. The summed E-state index contributed by atoms with van der Waals surface area (Å²) in [5.74, 6) is 0.0355. The second kappa shape index (κ2) is 2.27. The number of nitrogens with zero attached hydrogens (tertiary/aromatic N) is 1. The number of rotatable bonds is 1. The Kier molecular flexibility index (Phi) is 1.38. The Morgan fingerprint density at radius 2 is 2.55 bits per heavy atom. The summed E-state index contributed by atoms with van der Waals surface area (Å²) in [5, 5.41) is 15.9. The maximum Gasteiger partial charge on any atom is 0.354 e. The van der Waals surface area contributed by atoms with Gasteiger partial charge in [-0.2, -0.15) is 5.10 Å². The Labute approximate surface area is 67.0 Å². The third-order valence-corrected chi connectivity index (χ3v) is 2.65. The molecule has 5 heteroatoms. The van der Waals surface area contributed by atoms with Gasteiger partial charge >= 0.3 is 5.97 Å². The summed E-state index contributed by atoms with van der Waals surface area (Å²) in [6.07, 6.45) is 0.818. The first-order chi connectivity index (χ1) is 5.29. The van der Waals surface area contributed by atoms with Crippen LogP contribution >= 0.6 is 11.8 Å². The van der Waals surface area contributed by atoms with E-state index in [1.165, 1.54) is 0 Å². The number of H-pyrrole nitrogens is 1. The second-order valence-electron chi connectivity index (χ2n) is 2.29. The monoisotopic (exact) mass is 170 g/mol. The standard InChI is InChI=1S/C6H6N2O2S/c9-6(10)4-3-1-2-11-5(3)8-7-4/h1-2H2,(H,7,8)(H,9,10). The van der Waals surface area contributed by atoms with Gasteiger partial charge in [0.2, 0.25) is 0 Å². The fourth-order valence-corrected chi connectivity index (χ4v) is 2.11. The molecule has 0 bridgehead atoms. The highest BCUT2D eigenvalue weighted by atomic mass is 32.2. The SMILES string of the molecule is O=C(O)c1[nH]nc2c1CCS2. The molecule has 0 radical (unpaired) electrons. The van der Waals surface area contributed by atoms with E-state index in [0.717, 1.165) is 22.8 Å². The molecule has 1 aliphatic heterocycles.